The monoisotopic (exact) mass is 364 g/mol. The van der Waals surface area contributed by atoms with E-state index in [4.69, 9.17) is 13.9 Å². The minimum absolute atomic E-state index is 0.168. The standard InChI is InChI=1S/C20H16N2O5/c1-25-16-9-12-13(18(23)21-14(12)10-17(16)26-2)8-15-20(24)27-19(22-15)11-6-4-3-5-7-11/h3-10,24H,1-2H3,(H,21,23). The summed E-state index contributed by atoms with van der Waals surface area (Å²) in [5, 5.41) is 12.9. The van der Waals surface area contributed by atoms with Crippen molar-refractivity contribution in [1.29, 1.82) is 0 Å². The molecule has 7 heteroatoms. The molecule has 2 aromatic carbocycles. The lowest BCUT2D eigenvalue weighted by molar-refractivity contribution is -0.110. The van der Waals surface area contributed by atoms with Crippen LogP contribution in [0.3, 0.4) is 0 Å². The topological polar surface area (TPSA) is 93.8 Å². The van der Waals surface area contributed by atoms with Crippen LogP contribution in [0.2, 0.25) is 0 Å². The molecule has 3 aromatic rings. The number of carbonyl (C=O) groups is 1. The second-order valence-corrected chi connectivity index (χ2v) is 5.84. The van der Waals surface area contributed by atoms with Gasteiger partial charge in [-0.05, 0) is 24.3 Å². The predicted molar refractivity (Wildman–Crippen MR) is 99.7 cm³/mol. The number of nitrogens with zero attached hydrogens (tertiary/aromatic N) is 1. The van der Waals surface area contributed by atoms with Gasteiger partial charge in [-0.15, -0.1) is 0 Å². The van der Waals surface area contributed by atoms with E-state index >= 15 is 0 Å². The van der Waals surface area contributed by atoms with Gasteiger partial charge in [-0.3, -0.25) is 4.79 Å². The molecular weight excluding hydrogens is 348 g/mol. The molecule has 2 N–H and O–H groups in total. The predicted octanol–water partition coefficient (Wildman–Crippen LogP) is 3.56. The summed E-state index contributed by atoms with van der Waals surface area (Å²) in [6.45, 7) is 0. The van der Waals surface area contributed by atoms with Gasteiger partial charge in [0.25, 0.3) is 5.91 Å². The third kappa shape index (κ3) is 2.89. The number of nitrogens with one attached hydrogen (secondary N) is 1. The Morgan fingerprint density at radius 3 is 2.52 bits per heavy atom. The summed E-state index contributed by atoms with van der Waals surface area (Å²) in [7, 11) is 3.05. The number of benzene rings is 2. The van der Waals surface area contributed by atoms with Crippen LogP contribution in [0.15, 0.2) is 46.9 Å². The quantitative estimate of drug-likeness (QED) is 0.688. The van der Waals surface area contributed by atoms with Crippen LogP contribution < -0.4 is 14.8 Å². The first-order chi connectivity index (χ1) is 13.1. The average Bonchev–Trinajstić information content (AvgIpc) is 3.21. The number of aromatic nitrogens is 1. The average molecular weight is 364 g/mol. The van der Waals surface area contributed by atoms with Crippen LogP contribution in [0.5, 0.6) is 17.4 Å². The summed E-state index contributed by atoms with van der Waals surface area (Å²) in [6, 6.07) is 12.6. The molecule has 0 aliphatic carbocycles. The van der Waals surface area contributed by atoms with Crippen LogP contribution in [-0.4, -0.2) is 30.2 Å². The number of fused-ring (bicyclic) bond motifs is 1. The van der Waals surface area contributed by atoms with Crippen LogP contribution in [-0.2, 0) is 4.79 Å². The maximum atomic E-state index is 12.4. The highest BCUT2D eigenvalue weighted by atomic mass is 16.5. The van der Waals surface area contributed by atoms with E-state index in [1.165, 1.54) is 20.3 Å². The van der Waals surface area contributed by atoms with Gasteiger partial charge in [-0.2, -0.15) is 0 Å². The van der Waals surface area contributed by atoms with E-state index in [0.29, 0.717) is 28.3 Å². The van der Waals surface area contributed by atoms with Gasteiger partial charge < -0.3 is 24.3 Å². The molecule has 7 nitrogen and oxygen atoms in total. The molecule has 1 aromatic heterocycles. The molecule has 0 saturated heterocycles. The summed E-state index contributed by atoms with van der Waals surface area (Å²) >= 11 is 0. The lowest BCUT2D eigenvalue weighted by atomic mass is 10.1. The Morgan fingerprint density at radius 1 is 1.11 bits per heavy atom. The first-order valence-electron chi connectivity index (χ1n) is 8.15. The Balaban J connectivity index is 1.78. The van der Waals surface area contributed by atoms with Crippen molar-refractivity contribution in [3.63, 3.8) is 0 Å². The summed E-state index contributed by atoms with van der Waals surface area (Å²) in [6.07, 6.45) is 1.48. The fourth-order valence-electron chi connectivity index (χ4n) is 2.92. The summed E-state index contributed by atoms with van der Waals surface area (Å²) < 4.78 is 15.9. The van der Waals surface area contributed by atoms with Crippen molar-refractivity contribution in [3.05, 3.63) is 53.7 Å². The molecule has 2 heterocycles. The first kappa shape index (κ1) is 16.7. The van der Waals surface area contributed by atoms with Gasteiger partial charge in [0.15, 0.2) is 11.5 Å². The maximum Gasteiger partial charge on any atom is 0.310 e. The smallest absolute Gasteiger partial charge is 0.310 e. The minimum atomic E-state index is -0.358. The van der Waals surface area contributed by atoms with Crippen LogP contribution in [0.25, 0.3) is 23.1 Å². The van der Waals surface area contributed by atoms with Crippen LogP contribution >= 0.6 is 0 Å². The highest BCUT2D eigenvalue weighted by Crippen LogP contribution is 2.41. The number of ether oxygens (including phenoxy) is 2. The minimum Gasteiger partial charge on any atom is -0.493 e. The van der Waals surface area contributed by atoms with E-state index in [1.54, 1.807) is 12.1 Å². The molecule has 0 saturated carbocycles. The Labute approximate surface area is 154 Å². The Kier molecular flexibility index (Phi) is 4.04. The van der Waals surface area contributed by atoms with Crippen LogP contribution in [0.4, 0.5) is 5.69 Å². The number of rotatable bonds is 4. The molecule has 1 aliphatic rings. The lowest BCUT2D eigenvalue weighted by Crippen LogP contribution is -2.03. The third-order valence-corrected chi connectivity index (χ3v) is 4.24. The van der Waals surface area contributed by atoms with Gasteiger partial charge in [0.1, 0.15) is 5.69 Å². The molecule has 27 heavy (non-hydrogen) atoms. The number of oxazole rings is 1. The molecular formula is C20H16N2O5. The molecule has 0 bridgehead atoms. The van der Waals surface area contributed by atoms with Crippen molar-refractivity contribution in [2.75, 3.05) is 19.5 Å². The molecule has 4 rings (SSSR count). The van der Waals surface area contributed by atoms with Crippen molar-refractivity contribution in [2.24, 2.45) is 0 Å². The SMILES string of the molecule is COc1cc2c(cc1OC)C(=Cc1nc(-c3ccccc3)oc1O)C(=O)N2. The van der Waals surface area contributed by atoms with Crippen molar-refractivity contribution >= 4 is 23.2 Å². The van der Waals surface area contributed by atoms with E-state index in [-0.39, 0.29) is 23.4 Å². The number of hydrogen-bond acceptors (Lipinski definition) is 6. The van der Waals surface area contributed by atoms with Gasteiger partial charge in [-0.25, -0.2) is 4.98 Å². The molecule has 1 aliphatic heterocycles. The van der Waals surface area contributed by atoms with Crippen LogP contribution in [0.1, 0.15) is 11.3 Å². The molecule has 0 fully saturated rings. The van der Waals surface area contributed by atoms with Crippen LogP contribution in [0, 0.1) is 0 Å². The Morgan fingerprint density at radius 2 is 1.81 bits per heavy atom. The van der Waals surface area contributed by atoms with E-state index < -0.39 is 0 Å². The fourth-order valence-corrected chi connectivity index (χ4v) is 2.92. The van der Waals surface area contributed by atoms with Crippen molar-refractivity contribution in [1.82, 2.24) is 4.98 Å². The zero-order chi connectivity index (χ0) is 19.0. The van der Waals surface area contributed by atoms with Gasteiger partial charge >= 0.3 is 5.95 Å². The number of carbonyl (C=O) groups excluding carboxylic acids is 1. The number of aromatic hydroxyl groups is 1. The highest BCUT2D eigenvalue weighted by molar-refractivity contribution is 6.35. The summed E-state index contributed by atoms with van der Waals surface area (Å²) in [5.41, 5.74) is 2.45. The molecule has 0 atom stereocenters. The maximum absolute atomic E-state index is 12.4. The number of hydrogen-bond donors (Lipinski definition) is 2. The van der Waals surface area contributed by atoms with Gasteiger partial charge in [0, 0.05) is 17.2 Å². The zero-order valence-electron chi connectivity index (χ0n) is 14.6. The molecule has 0 spiro atoms. The largest absolute Gasteiger partial charge is 0.493 e. The van der Waals surface area contributed by atoms with Gasteiger partial charge in [-0.1, -0.05) is 18.2 Å². The third-order valence-electron chi connectivity index (χ3n) is 4.24. The highest BCUT2D eigenvalue weighted by Gasteiger charge is 2.28. The number of methoxy groups -OCH3 is 2. The summed E-state index contributed by atoms with van der Waals surface area (Å²) in [4.78, 5) is 16.7. The second-order valence-electron chi connectivity index (χ2n) is 5.84. The van der Waals surface area contributed by atoms with Gasteiger partial charge in [0.2, 0.25) is 5.89 Å². The Bertz CT molecular complexity index is 1050. The zero-order valence-corrected chi connectivity index (χ0v) is 14.6. The second kappa shape index (κ2) is 6.53. The number of amides is 1. The van der Waals surface area contributed by atoms with Gasteiger partial charge in [0.05, 0.1) is 25.5 Å². The first-order valence-corrected chi connectivity index (χ1v) is 8.15. The van der Waals surface area contributed by atoms with E-state index in [9.17, 15) is 9.90 Å². The van der Waals surface area contributed by atoms with E-state index in [2.05, 4.69) is 10.3 Å². The fraction of sp³-hybridized carbons (Fsp3) is 0.100. The lowest BCUT2D eigenvalue weighted by Gasteiger charge is -2.09. The van der Waals surface area contributed by atoms with Crippen molar-refractivity contribution in [2.45, 2.75) is 0 Å². The van der Waals surface area contributed by atoms with E-state index in [0.717, 1.165) is 5.56 Å². The normalized spacial score (nSPS) is 14.1. The van der Waals surface area contributed by atoms with E-state index in [1.807, 2.05) is 30.3 Å². The number of anilines is 1. The molecule has 0 radical (unpaired) electrons. The summed E-state index contributed by atoms with van der Waals surface area (Å²) in [5.74, 6) is 0.597. The molecule has 0 unspecified atom stereocenters. The molecule has 1 amide bonds. The Hall–Kier alpha value is -3.74. The van der Waals surface area contributed by atoms with Crippen molar-refractivity contribution < 1.29 is 23.8 Å². The van der Waals surface area contributed by atoms with Crippen molar-refractivity contribution in [3.8, 4) is 28.9 Å². The molecule has 136 valence electrons.